The van der Waals surface area contributed by atoms with Crippen LogP contribution in [0, 0.1) is 20.2 Å². The van der Waals surface area contributed by atoms with E-state index in [1.54, 1.807) is 0 Å². The molecule has 0 amide bonds. The van der Waals surface area contributed by atoms with Crippen LogP contribution in [0.4, 0.5) is 0 Å². The molecular weight excluding hydrogens is 356 g/mol. The third-order valence-electron chi connectivity index (χ3n) is 1.90. The van der Waals surface area contributed by atoms with Crippen molar-refractivity contribution in [3.63, 3.8) is 0 Å². The second-order valence-corrected chi connectivity index (χ2v) is 17.1. The van der Waals surface area contributed by atoms with Crippen LogP contribution in [0.5, 0.6) is 0 Å². The Balaban J connectivity index is 4.47. The summed E-state index contributed by atoms with van der Waals surface area (Å²) in [5, 5.41) is 20.6. The summed E-state index contributed by atoms with van der Waals surface area (Å²) in [7, 11) is 0. The molecule has 0 aliphatic rings. The van der Waals surface area contributed by atoms with Gasteiger partial charge in [0, 0.05) is 0 Å². The van der Waals surface area contributed by atoms with Gasteiger partial charge in [-0.05, 0) is 0 Å². The zero-order valence-corrected chi connectivity index (χ0v) is 11.6. The summed E-state index contributed by atoms with van der Waals surface area (Å²) < 4.78 is -0.0494. The van der Waals surface area contributed by atoms with Crippen LogP contribution in [0.2, 0.25) is 7.96 Å². The summed E-state index contributed by atoms with van der Waals surface area (Å²) in [6.45, 7) is 3.63. The molecule has 0 atom stereocenters. The minimum absolute atomic E-state index is 0.684. The van der Waals surface area contributed by atoms with Gasteiger partial charge in [0.25, 0.3) is 0 Å². The van der Waals surface area contributed by atoms with Crippen LogP contribution in [0.1, 0.15) is 13.8 Å². The van der Waals surface area contributed by atoms with E-state index < -0.39 is 36.3 Å². The van der Waals surface area contributed by atoms with Crippen molar-refractivity contribution in [1.29, 1.82) is 0 Å². The summed E-state index contributed by atoms with van der Waals surface area (Å²) >= 11 is -2.64. The van der Waals surface area contributed by atoms with E-state index in [1.807, 2.05) is 13.8 Å². The first-order chi connectivity index (χ1) is 5.54. The van der Waals surface area contributed by atoms with Gasteiger partial charge < -0.3 is 0 Å². The Bertz CT molecular complexity index is 168. The van der Waals surface area contributed by atoms with Gasteiger partial charge in [0.1, 0.15) is 0 Å². The van der Waals surface area contributed by atoms with E-state index in [2.05, 4.69) is 0 Å². The first-order valence-corrected chi connectivity index (χ1v) is 12.8. The van der Waals surface area contributed by atoms with Gasteiger partial charge in [-0.3, -0.25) is 0 Å². The van der Waals surface area contributed by atoms with Crippen LogP contribution in [0.15, 0.2) is 0 Å². The van der Waals surface area contributed by atoms with Crippen LogP contribution in [-0.4, -0.2) is 36.3 Å². The van der Waals surface area contributed by atoms with Crippen molar-refractivity contribution < 1.29 is 9.85 Å². The number of hydrogen-bond acceptors (Lipinski definition) is 4. The molecule has 0 saturated heterocycles. The maximum absolute atomic E-state index is 10.3. The number of nitro groups is 2. The first-order valence-electron chi connectivity index (χ1n) is 3.81. The van der Waals surface area contributed by atoms with Crippen molar-refractivity contribution in [2.75, 3.05) is 0 Å². The van der Waals surface area contributed by atoms with Crippen molar-refractivity contribution in [1.82, 2.24) is 0 Å². The summed E-state index contributed by atoms with van der Waals surface area (Å²) in [5.74, 6) is 0. The summed E-state index contributed by atoms with van der Waals surface area (Å²) in [6.07, 6.45) is 0. The van der Waals surface area contributed by atoms with Crippen molar-refractivity contribution in [2.45, 2.75) is 25.5 Å². The molecule has 0 heterocycles. The van der Waals surface area contributed by atoms with Crippen LogP contribution >= 0.6 is 0 Å². The quantitative estimate of drug-likeness (QED) is 0.313. The van der Waals surface area contributed by atoms with Gasteiger partial charge in [0.2, 0.25) is 0 Å². The Morgan fingerprint density at radius 2 is 1.50 bits per heavy atom. The Kier molecular flexibility index (Phi) is 5.26. The van der Waals surface area contributed by atoms with Gasteiger partial charge in [0.15, 0.2) is 0 Å². The second-order valence-electron chi connectivity index (χ2n) is 2.56. The Labute approximate surface area is 78.4 Å². The van der Waals surface area contributed by atoms with E-state index in [1.165, 1.54) is 0 Å². The summed E-state index contributed by atoms with van der Waals surface area (Å²) in [6, 6.07) is 0. The van der Waals surface area contributed by atoms with E-state index >= 15 is 0 Å². The standard InChI is InChI=1S/2C2H5.CHN2O4.Tl/c2*1-2;4-2(5)1-3(6)7;/h2*1H2,2H3;1H;. The predicted molar refractivity (Wildman–Crippen MR) is 44.5 cm³/mol. The van der Waals surface area contributed by atoms with Gasteiger partial charge in [-0.2, -0.15) is 0 Å². The van der Waals surface area contributed by atoms with Gasteiger partial charge >= 0.3 is 78.3 Å². The van der Waals surface area contributed by atoms with E-state index in [0.717, 1.165) is 0 Å². The molecule has 0 aromatic rings. The topological polar surface area (TPSA) is 86.3 Å². The average molecular weight is 368 g/mol. The molecule has 0 aliphatic heterocycles. The Morgan fingerprint density at radius 1 is 1.17 bits per heavy atom. The summed E-state index contributed by atoms with van der Waals surface area (Å²) in [4.78, 5) is 19.2. The van der Waals surface area contributed by atoms with Crippen molar-refractivity contribution >= 4 is 22.7 Å². The summed E-state index contributed by atoms with van der Waals surface area (Å²) in [5.41, 5.74) is 0. The first kappa shape index (κ1) is 11.7. The average Bonchev–Trinajstić information content (AvgIpc) is 1.98. The zero-order chi connectivity index (χ0) is 9.72. The van der Waals surface area contributed by atoms with Gasteiger partial charge in [-0.1, -0.05) is 0 Å². The fraction of sp³-hybridized carbons (Fsp3) is 1.00. The molecule has 6 nitrogen and oxygen atoms in total. The van der Waals surface area contributed by atoms with Gasteiger partial charge in [-0.25, -0.2) is 0 Å². The van der Waals surface area contributed by atoms with E-state index in [9.17, 15) is 20.2 Å². The molecule has 68 valence electrons. The minimum atomic E-state index is -2.64. The number of hydrogen-bond donors (Lipinski definition) is 0. The molecule has 0 spiro atoms. The zero-order valence-electron chi connectivity index (χ0n) is 7.10. The molecule has 0 saturated carbocycles. The van der Waals surface area contributed by atoms with E-state index in [4.69, 9.17) is 0 Å². The second kappa shape index (κ2) is 5.38. The van der Waals surface area contributed by atoms with Crippen LogP contribution < -0.4 is 0 Å². The van der Waals surface area contributed by atoms with Gasteiger partial charge in [0.05, 0.1) is 0 Å². The van der Waals surface area contributed by atoms with Crippen molar-refractivity contribution in [3.8, 4) is 0 Å². The molecule has 0 radical (unpaired) electrons. The molecule has 7 heteroatoms. The molecular formula is C5H11N2O4Tl. The molecule has 0 aromatic carbocycles. The Morgan fingerprint density at radius 3 is 1.58 bits per heavy atom. The molecule has 0 aromatic heterocycles. The number of nitrogens with zero attached hydrogens (tertiary/aromatic N) is 2. The molecule has 0 rings (SSSR count). The van der Waals surface area contributed by atoms with Crippen LogP contribution in [0.25, 0.3) is 0 Å². The normalized spacial score (nSPS) is 9.92. The molecule has 0 unspecified atom stereocenters. The Hall–Kier alpha value is -0.278. The molecule has 0 aliphatic carbocycles. The van der Waals surface area contributed by atoms with Crippen LogP contribution in [0.3, 0.4) is 0 Å². The SMILES string of the molecule is C[CH2][Tl]([CH2]C)[CH]([N+](=O)[O-])[N+](=O)[O-]. The monoisotopic (exact) mass is 368 g/mol. The molecule has 0 N–H and O–H groups in total. The molecule has 12 heavy (non-hydrogen) atoms. The fourth-order valence-corrected chi connectivity index (χ4v) is 9.33. The maximum atomic E-state index is 10.3. The van der Waals surface area contributed by atoms with Crippen molar-refractivity contribution in [3.05, 3.63) is 20.2 Å². The van der Waals surface area contributed by atoms with E-state index in [-0.39, 0.29) is 0 Å². The third-order valence-corrected chi connectivity index (χ3v) is 15.2. The van der Waals surface area contributed by atoms with Crippen molar-refractivity contribution in [2.24, 2.45) is 0 Å². The fourth-order valence-electron chi connectivity index (χ4n) is 1.13. The van der Waals surface area contributed by atoms with E-state index in [0.29, 0.717) is 7.96 Å². The number of rotatable bonds is 5. The third kappa shape index (κ3) is 2.99. The molecule has 0 bridgehead atoms. The van der Waals surface area contributed by atoms with Crippen LogP contribution in [-0.2, 0) is 0 Å². The van der Waals surface area contributed by atoms with Gasteiger partial charge in [-0.15, -0.1) is 0 Å². The molecule has 0 fully saturated rings. The predicted octanol–water partition coefficient (Wildman–Crippen LogP) is 0.940.